The third kappa shape index (κ3) is 3.20. The lowest BCUT2D eigenvalue weighted by Crippen LogP contribution is -2.46. The van der Waals surface area contributed by atoms with Gasteiger partial charge in [0.1, 0.15) is 11.5 Å². The Morgan fingerprint density at radius 3 is 3.05 bits per heavy atom. The number of carbonyl (C=O) groups is 1. The van der Waals surface area contributed by atoms with Crippen molar-refractivity contribution in [2.75, 3.05) is 25.0 Å². The number of aromatic nitrogens is 2. The summed E-state index contributed by atoms with van der Waals surface area (Å²) in [4.78, 5) is 22.2. The van der Waals surface area contributed by atoms with Gasteiger partial charge in [0.25, 0.3) is 5.91 Å². The van der Waals surface area contributed by atoms with Gasteiger partial charge in [-0.3, -0.25) is 9.78 Å². The zero-order chi connectivity index (χ0) is 13.8. The Balaban J connectivity index is 2.09. The standard InChI is InChI=1S/C13H20N4O2/c1-3-15-12-7-14-6-10(16-12)13(19)17-5-4-9(2)11(18)8-17/h6-7,9,11,18H,3-5,8H2,1-2H3,(H,15,16). The molecule has 1 fully saturated rings. The molecule has 1 saturated heterocycles. The van der Waals surface area contributed by atoms with Gasteiger partial charge in [-0.15, -0.1) is 0 Å². The molecule has 2 rings (SSSR count). The number of nitrogens with zero attached hydrogens (tertiary/aromatic N) is 3. The molecule has 0 bridgehead atoms. The van der Waals surface area contributed by atoms with Gasteiger partial charge in [-0.05, 0) is 19.3 Å². The monoisotopic (exact) mass is 264 g/mol. The third-order valence-corrected chi connectivity index (χ3v) is 3.42. The number of carbonyl (C=O) groups excluding carboxylic acids is 1. The molecule has 2 heterocycles. The second-order valence-corrected chi connectivity index (χ2v) is 4.90. The van der Waals surface area contributed by atoms with Crippen LogP contribution in [-0.2, 0) is 0 Å². The molecule has 0 aromatic carbocycles. The number of β-amino-alcohol motifs (C(OH)–C–C–N with tert-alkyl or cyclic N) is 1. The molecule has 1 aliphatic heterocycles. The maximum atomic E-state index is 12.3. The maximum Gasteiger partial charge on any atom is 0.274 e. The molecule has 6 nitrogen and oxygen atoms in total. The van der Waals surface area contributed by atoms with Crippen LogP contribution in [0.3, 0.4) is 0 Å². The molecule has 0 saturated carbocycles. The van der Waals surface area contributed by atoms with Crippen LogP contribution >= 0.6 is 0 Å². The highest BCUT2D eigenvalue weighted by atomic mass is 16.3. The Bertz CT molecular complexity index is 452. The van der Waals surface area contributed by atoms with E-state index in [2.05, 4.69) is 15.3 Å². The molecule has 1 amide bonds. The molecule has 2 unspecified atom stereocenters. The van der Waals surface area contributed by atoms with Crippen molar-refractivity contribution in [3.05, 3.63) is 18.1 Å². The fourth-order valence-corrected chi connectivity index (χ4v) is 2.13. The van der Waals surface area contributed by atoms with Gasteiger partial charge in [0.15, 0.2) is 0 Å². The second-order valence-electron chi connectivity index (χ2n) is 4.90. The summed E-state index contributed by atoms with van der Waals surface area (Å²) < 4.78 is 0. The van der Waals surface area contributed by atoms with Crippen molar-refractivity contribution >= 4 is 11.7 Å². The number of likely N-dealkylation sites (tertiary alicyclic amines) is 1. The molecule has 0 radical (unpaired) electrons. The summed E-state index contributed by atoms with van der Waals surface area (Å²) in [7, 11) is 0. The number of rotatable bonds is 3. The van der Waals surface area contributed by atoms with E-state index in [1.807, 2.05) is 13.8 Å². The van der Waals surface area contributed by atoms with E-state index in [-0.39, 0.29) is 11.8 Å². The molecule has 104 valence electrons. The molecule has 1 aromatic rings. The number of aliphatic hydroxyl groups is 1. The normalized spacial score (nSPS) is 23.2. The van der Waals surface area contributed by atoms with Gasteiger partial charge < -0.3 is 15.3 Å². The molecular formula is C13H20N4O2. The fourth-order valence-electron chi connectivity index (χ4n) is 2.13. The Kier molecular flexibility index (Phi) is 4.31. The molecule has 0 aliphatic carbocycles. The first-order valence-corrected chi connectivity index (χ1v) is 6.65. The van der Waals surface area contributed by atoms with Crippen molar-refractivity contribution in [3.63, 3.8) is 0 Å². The lowest BCUT2D eigenvalue weighted by molar-refractivity contribution is 0.0245. The van der Waals surface area contributed by atoms with Gasteiger partial charge in [0.05, 0.1) is 18.5 Å². The predicted molar refractivity (Wildman–Crippen MR) is 71.9 cm³/mol. The SMILES string of the molecule is CCNc1cncc(C(=O)N2CCC(C)C(O)C2)n1. The van der Waals surface area contributed by atoms with E-state index in [1.54, 1.807) is 11.1 Å². The highest BCUT2D eigenvalue weighted by Crippen LogP contribution is 2.18. The van der Waals surface area contributed by atoms with E-state index >= 15 is 0 Å². The van der Waals surface area contributed by atoms with Crippen molar-refractivity contribution in [1.29, 1.82) is 0 Å². The van der Waals surface area contributed by atoms with E-state index in [1.165, 1.54) is 6.20 Å². The van der Waals surface area contributed by atoms with Crippen molar-refractivity contribution in [2.24, 2.45) is 5.92 Å². The van der Waals surface area contributed by atoms with Crippen LogP contribution in [0.5, 0.6) is 0 Å². The summed E-state index contributed by atoms with van der Waals surface area (Å²) in [5.41, 5.74) is 0.320. The Morgan fingerprint density at radius 2 is 2.37 bits per heavy atom. The van der Waals surface area contributed by atoms with Crippen LogP contribution in [0.4, 0.5) is 5.82 Å². The van der Waals surface area contributed by atoms with Crippen LogP contribution in [0.2, 0.25) is 0 Å². The highest BCUT2D eigenvalue weighted by Gasteiger charge is 2.28. The van der Waals surface area contributed by atoms with E-state index in [0.717, 1.165) is 13.0 Å². The fraction of sp³-hybridized carbons (Fsp3) is 0.615. The van der Waals surface area contributed by atoms with Crippen LogP contribution in [0.1, 0.15) is 30.8 Å². The van der Waals surface area contributed by atoms with E-state index in [4.69, 9.17) is 0 Å². The van der Waals surface area contributed by atoms with Crippen LogP contribution in [-0.4, -0.2) is 51.6 Å². The average molecular weight is 264 g/mol. The molecular weight excluding hydrogens is 244 g/mol. The Morgan fingerprint density at radius 1 is 1.58 bits per heavy atom. The summed E-state index contributed by atoms with van der Waals surface area (Å²) in [6, 6.07) is 0. The van der Waals surface area contributed by atoms with E-state index < -0.39 is 6.10 Å². The molecule has 6 heteroatoms. The first-order chi connectivity index (χ1) is 9.11. The van der Waals surface area contributed by atoms with Crippen LogP contribution in [0.25, 0.3) is 0 Å². The zero-order valence-electron chi connectivity index (χ0n) is 11.3. The number of anilines is 1. The zero-order valence-corrected chi connectivity index (χ0v) is 11.3. The van der Waals surface area contributed by atoms with Crippen LogP contribution < -0.4 is 5.32 Å². The third-order valence-electron chi connectivity index (χ3n) is 3.42. The molecule has 19 heavy (non-hydrogen) atoms. The lowest BCUT2D eigenvalue weighted by atomic mass is 9.96. The minimum Gasteiger partial charge on any atom is -0.391 e. The van der Waals surface area contributed by atoms with Crippen molar-refractivity contribution in [1.82, 2.24) is 14.9 Å². The first kappa shape index (κ1) is 13.7. The van der Waals surface area contributed by atoms with E-state index in [0.29, 0.717) is 24.6 Å². The number of hydrogen-bond donors (Lipinski definition) is 2. The summed E-state index contributed by atoms with van der Waals surface area (Å²) >= 11 is 0. The van der Waals surface area contributed by atoms with Crippen molar-refractivity contribution < 1.29 is 9.90 Å². The number of aliphatic hydroxyl groups excluding tert-OH is 1. The summed E-state index contributed by atoms with van der Waals surface area (Å²) in [6.07, 6.45) is 3.41. The number of piperidine rings is 1. The molecule has 2 N–H and O–H groups in total. The van der Waals surface area contributed by atoms with Crippen LogP contribution in [0.15, 0.2) is 12.4 Å². The van der Waals surface area contributed by atoms with Crippen LogP contribution in [0, 0.1) is 5.92 Å². The molecule has 1 aromatic heterocycles. The average Bonchev–Trinajstić information content (AvgIpc) is 2.42. The largest absolute Gasteiger partial charge is 0.391 e. The first-order valence-electron chi connectivity index (χ1n) is 6.65. The van der Waals surface area contributed by atoms with E-state index in [9.17, 15) is 9.90 Å². The molecule has 2 atom stereocenters. The maximum absolute atomic E-state index is 12.3. The number of nitrogens with one attached hydrogen (secondary N) is 1. The van der Waals surface area contributed by atoms with Gasteiger partial charge in [-0.1, -0.05) is 6.92 Å². The minimum absolute atomic E-state index is 0.168. The van der Waals surface area contributed by atoms with Gasteiger partial charge in [0, 0.05) is 19.6 Å². The lowest BCUT2D eigenvalue weighted by Gasteiger charge is -2.34. The quantitative estimate of drug-likeness (QED) is 0.842. The van der Waals surface area contributed by atoms with Crippen molar-refractivity contribution in [2.45, 2.75) is 26.4 Å². The molecule has 0 spiro atoms. The number of amides is 1. The highest BCUT2D eigenvalue weighted by molar-refractivity contribution is 5.92. The number of hydrogen-bond acceptors (Lipinski definition) is 5. The summed E-state index contributed by atoms with van der Waals surface area (Å²) in [5, 5.41) is 12.9. The Labute approximate surface area is 112 Å². The van der Waals surface area contributed by atoms with Gasteiger partial charge >= 0.3 is 0 Å². The topological polar surface area (TPSA) is 78.4 Å². The minimum atomic E-state index is -0.456. The van der Waals surface area contributed by atoms with Gasteiger partial charge in [-0.25, -0.2) is 4.98 Å². The Hall–Kier alpha value is -1.69. The summed E-state index contributed by atoms with van der Waals surface area (Å²) in [6.45, 7) is 5.71. The molecule has 1 aliphatic rings. The summed E-state index contributed by atoms with van der Waals surface area (Å²) in [5.74, 6) is 0.667. The van der Waals surface area contributed by atoms with Gasteiger partial charge in [-0.2, -0.15) is 0 Å². The predicted octanol–water partition coefficient (Wildman–Crippen LogP) is 0.751. The second kappa shape index (κ2) is 5.97. The van der Waals surface area contributed by atoms with Gasteiger partial charge in [0.2, 0.25) is 0 Å². The van der Waals surface area contributed by atoms with Crippen molar-refractivity contribution in [3.8, 4) is 0 Å². The smallest absolute Gasteiger partial charge is 0.274 e.